The number of carbonyl (C=O) groups is 3. The topological polar surface area (TPSA) is 97.0 Å². The van der Waals surface area contributed by atoms with Gasteiger partial charge in [0.15, 0.2) is 0 Å². The summed E-state index contributed by atoms with van der Waals surface area (Å²) in [6.07, 6.45) is 2.41. The van der Waals surface area contributed by atoms with Crippen LogP contribution in [-0.4, -0.2) is 44.2 Å². The molecule has 0 aliphatic carbocycles. The SMILES string of the molecule is COc1ccc(/C=C(\NC(=O)c2ccccc2)C(=O)Nc2cccc(SCC(=O)N3CCc4ccccc43)c2)c(OC)c1. The third kappa shape index (κ3) is 7.25. The molecule has 0 aromatic heterocycles. The molecule has 0 saturated carbocycles. The van der Waals surface area contributed by atoms with Crippen LogP contribution >= 0.6 is 11.8 Å². The minimum absolute atomic E-state index is 0.0262. The molecule has 0 unspecified atom stereocenters. The molecule has 43 heavy (non-hydrogen) atoms. The van der Waals surface area contributed by atoms with Crippen molar-refractivity contribution < 1.29 is 23.9 Å². The van der Waals surface area contributed by atoms with E-state index in [0.717, 1.165) is 17.0 Å². The van der Waals surface area contributed by atoms with E-state index in [1.54, 1.807) is 67.8 Å². The van der Waals surface area contributed by atoms with Crippen molar-refractivity contribution in [3.63, 3.8) is 0 Å². The lowest BCUT2D eigenvalue weighted by Crippen LogP contribution is -2.30. The number of methoxy groups -OCH3 is 2. The number of benzene rings is 4. The second kappa shape index (κ2) is 13.8. The van der Waals surface area contributed by atoms with Gasteiger partial charge >= 0.3 is 0 Å². The lowest BCUT2D eigenvalue weighted by Gasteiger charge is -2.17. The summed E-state index contributed by atoms with van der Waals surface area (Å²) in [5.41, 5.74) is 3.69. The highest BCUT2D eigenvalue weighted by Crippen LogP contribution is 2.30. The molecule has 0 bridgehead atoms. The number of fused-ring (bicyclic) bond motifs is 1. The van der Waals surface area contributed by atoms with Crippen molar-refractivity contribution in [2.24, 2.45) is 0 Å². The summed E-state index contributed by atoms with van der Waals surface area (Å²) < 4.78 is 10.8. The second-order valence-electron chi connectivity index (χ2n) is 9.68. The Labute approximate surface area is 254 Å². The van der Waals surface area contributed by atoms with E-state index in [2.05, 4.69) is 16.7 Å². The fourth-order valence-electron chi connectivity index (χ4n) is 4.72. The molecule has 4 aromatic carbocycles. The number of nitrogens with one attached hydrogen (secondary N) is 2. The first-order chi connectivity index (χ1) is 20.9. The van der Waals surface area contributed by atoms with Crippen molar-refractivity contribution in [3.8, 4) is 11.5 Å². The maximum Gasteiger partial charge on any atom is 0.272 e. The first kappa shape index (κ1) is 29.5. The standard InChI is InChI=1S/C34H31N3O5S/c1-41-27-16-15-25(31(21-27)42-2)19-29(36-33(39)24-10-4-3-5-11-24)34(40)35-26-12-8-13-28(20-26)43-22-32(38)37-18-17-23-9-6-7-14-30(23)37/h3-16,19-21H,17-18,22H2,1-2H3,(H,35,40)(H,36,39)/b29-19-. The molecule has 0 spiro atoms. The number of hydrogen-bond acceptors (Lipinski definition) is 6. The normalized spacial score (nSPS) is 12.3. The van der Waals surface area contributed by atoms with Crippen molar-refractivity contribution in [3.05, 3.63) is 119 Å². The van der Waals surface area contributed by atoms with Crippen LogP contribution in [0.3, 0.4) is 0 Å². The smallest absolute Gasteiger partial charge is 0.272 e. The number of rotatable bonds is 10. The van der Waals surface area contributed by atoms with Gasteiger partial charge in [-0.3, -0.25) is 14.4 Å². The maximum absolute atomic E-state index is 13.5. The largest absolute Gasteiger partial charge is 0.497 e. The number of hydrogen-bond donors (Lipinski definition) is 2. The first-order valence-corrected chi connectivity index (χ1v) is 14.7. The van der Waals surface area contributed by atoms with E-state index in [0.29, 0.717) is 34.9 Å². The van der Waals surface area contributed by atoms with Crippen molar-refractivity contribution in [2.75, 3.05) is 36.7 Å². The highest BCUT2D eigenvalue weighted by atomic mass is 32.2. The van der Waals surface area contributed by atoms with E-state index in [1.165, 1.54) is 24.4 Å². The molecule has 1 heterocycles. The Hall–Kier alpha value is -5.02. The molecular formula is C34H31N3O5S. The van der Waals surface area contributed by atoms with Gasteiger partial charge in [0.2, 0.25) is 5.91 Å². The quantitative estimate of drug-likeness (QED) is 0.178. The van der Waals surface area contributed by atoms with Gasteiger partial charge in [0, 0.05) is 40.0 Å². The first-order valence-electron chi connectivity index (χ1n) is 13.7. The molecule has 0 saturated heterocycles. The molecule has 1 aliphatic heterocycles. The summed E-state index contributed by atoms with van der Waals surface area (Å²) in [6.45, 7) is 0.678. The predicted octanol–water partition coefficient (Wildman–Crippen LogP) is 5.79. The van der Waals surface area contributed by atoms with E-state index in [4.69, 9.17) is 9.47 Å². The van der Waals surface area contributed by atoms with Crippen LogP contribution < -0.4 is 25.0 Å². The lowest BCUT2D eigenvalue weighted by molar-refractivity contribution is -0.116. The number of thioether (sulfide) groups is 1. The highest BCUT2D eigenvalue weighted by Gasteiger charge is 2.24. The van der Waals surface area contributed by atoms with E-state index in [-0.39, 0.29) is 17.4 Å². The molecular weight excluding hydrogens is 562 g/mol. The molecule has 4 aromatic rings. The van der Waals surface area contributed by atoms with Crippen molar-refractivity contribution in [1.29, 1.82) is 0 Å². The minimum atomic E-state index is -0.519. The van der Waals surface area contributed by atoms with Gasteiger partial charge in [-0.05, 0) is 66.6 Å². The third-order valence-electron chi connectivity index (χ3n) is 6.91. The van der Waals surface area contributed by atoms with Gasteiger partial charge in [0.25, 0.3) is 11.8 Å². The summed E-state index contributed by atoms with van der Waals surface area (Å²) in [5, 5.41) is 5.62. The molecule has 2 N–H and O–H groups in total. The Morgan fingerprint density at radius 1 is 0.884 bits per heavy atom. The predicted molar refractivity (Wildman–Crippen MR) is 170 cm³/mol. The molecule has 3 amide bonds. The average Bonchev–Trinajstić information content (AvgIpc) is 3.48. The van der Waals surface area contributed by atoms with Crippen LogP contribution in [0, 0.1) is 0 Å². The fourth-order valence-corrected chi connectivity index (χ4v) is 5.55. The zero-order valence-corrected chi connectivity index (χ0v) is 24.6. The van der Waals surface area contributed by atoms with Crippen LogP contribution in [0.4, 0.5) is 11.4 Å². The Balaban J connectivity index is 1.32. The molecule has 0 radical (unpaired) electrons. The van der Waals surface area contributed by atoms with Crippen LogP contribution in [0.2, 0.25) is 0 Å². The highest BCUT2D eigenvalue weighted by molar-refractivity contribution is 8.00. The number of carbonyl (C=O) groups excluding carboxylic acids is 3. The summed E-state index contributed by atoms with van der Waals surface area (Å²) in [5.74, 6) is 0.417. The van der Waals surface area contributed by atoms with Gasteiger partial charge in [-0.15, -0.1) is 11.8 Å². The van der Waals surface area contributed by atoms with Crippen molar-refractivity contribution >= 4 is 46.9 Å². The molecule has 9 heteroatoms. The van der Waals surface area contributed by atoms with Gasteiger partial charge in [-0.1, -0.05) is 42.5 Å². The summed E-state index contributed by atoms with van der Waals surface area (Å²) in [7, 11) is 3.07. The molecule has 0 fully saturated rings. The number of amides is 3. The Bertz CT molecular complexity index is 1670. The number of para-hydroxylation sites is 1. The molecule has 218 valence electrons. The molecule has 8 nitrogen and oxygen atoms in total. The molecule has 5 rings (SSSR count). The van der Waals surface area contributed by atoms with Crippen LogP contribution in [-0.2, 0) is 16.0 Å². The Kier molecular flexibility index (Phi) is 9.43. The number of anilines is 2. The van der Waals surface area contributed by atoms with Gasteiger partial charge in [0.05, 0.1) is 20.0 Å². The van der Waals surface area contributed by atoms with E-state index in [9.17, 15) is 14.4 Å². The van der Waals surface area contributed by atoms with E-state index >= 15 is 0 Å². The van der Waals surface area contributed by atoms with Gasteiger partial charge in [-0.2, -0.15) is 0 Å². The summed E-state index contributed by atoms with van der Waals surface area (Å²) >= 11 is 1.40. The van der Waals surface area contributed by atoms with Gasteiger partial charge in [-0.25, -0.2) is 0 Å². The number of ether oxygens (including phenoxy) is 2. The van der Waals surface area contributed by atoms with Gasteiger partial charge in [0.1, 0.15) is 17.2 Å². The summed E-state index contributed by atoms with van der Waals surface area (Å²) in [4.78, 5) is 42.2. The minimum Gasteiger partial charge on any atom is -0.497 e. The monoisotopic (exact) mass is 593 g/mol. The van der Waals surface area contributed by atoms with Crippen molar-refractivity contribution in [2.45, 2.75) is 11.3 Å². The zero-order valence-electron chi connectivity index (χ0n) is 23.8. The maximum atomic E-state index is 13.5. The van der Waals surface area contributed by atoms with Crippen LogP contribution in [0.15, 0.2) is 108 Å². The van der Waals surface area contributed by atoms with Crippen LogP contribution in [0.5, 0.6) is 11.5 Å². The second-order valence-corrected chi connectivity index (χ2v) is 10.7. The molecule has 1 aliphatic rings. The fraction of sp³-hybridized carbons (Fsp3) is 0.147. The third-order valence-corrected chi connectivity index (χ3v) is 7.89. The van der Waals surface area contributed by atoms with Crippen molar-refractivity contribution in [1.82, 2.24) is 5.32 Å². The van der Waals surface area contributed by atoms with Crippen LogP contribution in [0.25, 0.3) is 6.08 Å². The zero-order chi connectivity index (χ0) is 30.2. The lowest BCUT2D eigenvalue weighted by atomic mass is 10.1. The summed E-state index contributed by atoms with van der Waals surface area (Å²) in [6, 6.07) is 29.1. The van der Waals surface area contributed by atoms with E-state index in [1.807, 2.05) is 41.3 Å². The number of nitrogens with zero attached hydrogens (tertiary/aromatic N) is 1. The van der Waals surface area contributed by atoms with Crippen LogP contribution in [0.1, 0.15) is 21.5 Å². The molecule has 0 atom stereocenters. The average molecular weight is 594 g/mol. The Morgan fingerprint density at radius 2 is 1.67 bits per heavy atom. The Morgan fingerprint density at radius 3 is 2.47 bits per heavy atom. The van der Waals surface area contributed by atoms with E-state index < -0.39 is 11.8 Å². The van der Waals surface area contributed by atoms with Gasteiger partial charge < -0.3 is 25.0 Å².